The van der Waals surface area contributed by atoms with Gasteiger partial charge in [-0.25, -0.2) is 0 Å². The van der Waals surface area contributed by atoms with E-state index >= 15 is 0 Å². The highest BCUT2D eigenvalue weighted by Gasteiger charge is 2.37. The van der Waals surface area contributed by atoms with Gasteiger partial charge in [-0.2, -0.15) is 0 Å². The summed E-state index contributed by atoms with van der Waals surface area (Å²) < 4.78 is 5.26. The van der Waals surface area contributed by atoms with Crippen molar-refractivity contribution in [1.29, 1.82) is 0 Å². The topological polar surface area (TPSA) is 4.93 Å². The van der Waals surface area contributed by atoms with Gasteiger partial charge in [0.15, 0.2) is 0 Å². The average Bonchev–Trinajstić information content (AvgIpc) is 3.83. The second-order valence-corrected chi connectivity index (χ2v) is 16.0. The molecular formula is C51H35NS. The van der Waals surface area contributed by atoms with Gasteiger partial charge in [0.1, 0.15) is 0 Å². The zero-order valence-electron chi connectivity index (χ0n) is 29.6. The Hall–Kier alpha value is -6.22. The molecule has 53 heavy (non-hydrogen) atoms. The van der Waals surface area contributed by atoms with E-state index in [0.29, 0.717) is 0 Å². The van der Waals surface area contributed by atoms with Crippen LogP contribution in [0.25, 0.3) is 92.2 Å². The second kappa shape index (κ2) is 11.4. The molecule has 250 valence electrons. The van der Waals surface area contributed by atoms with Crippen molar-refractivity contribution in [3.8, 4) is 50.2 Å². The summed E-state index contributed by atoms with van der Waals surface area (Å²) in [5.74, 6) is 0. The van der Waals surface area contributed by atoms with E-state index < -0.39 is 0 Å². The fourth-order valence-electron chi connectivity index (χ4n) is 8.90. The highest BCUT2D eigenvalue weighted by atomic mass is 32.1. The molecule has 0 atom stereocenters. The Balaban J connectivity index is 1.13. The lowest BCUT2D eigenvalue weighted by Gasteiger charge is -2.22. The maximum Gasteiger partial charge on any atom is 0.0547 e. The number of nitrogens with zero attached hydrogens (tertiary/aromatic N) is 1. The molecule has 0 spiro atoms. The SMILES string of the molecule is CC1(C)c2cc(-n3c4cc(-c5ccccc5)ccc4c4ccc(-c5ccc(-c6ccccc6)cc5)cc43)ccc2-c2c1ccc1c2sc2ccccc21. The van der Waals surface area contributed by atoms with Crippen molar-refractivity contribution < 1.29 is 0 Å². The quantitative estimate of drug-likeness (QED) is 0.173. The number of benzene rings is 8. The van der Waals surface area contributed by atoms with Crippen LogP contribution in [0, 0.1) is 0 Å². The monoisotopic (exact) mass is 693 g/mol. The zero-order chi connectivity index (χ0) is 35.3. The van der Waals surface area contributed by atoms with Gasteiger partial charge in [-0.05, 0) is 80.4 Å². The van der Waals surface area contributed by atoms with Crippen LogP contribution in [-0.4, -0.2) is 4.57 Å². The first kappa shape index (κ1) is 30.4. The van der Waals surface area contributed by atoms with E-state index in [9.17, 15) is 0 Å². The minimum absolute atomic E-state index is 0.134. The number of fused-ring (bicyclic) bond motifs is 10. The average molecular weight is 694 g/mol. The molecule has 10 aromatic rings. The van der Waals surface area contributed by atoms with E-state index in [2.05, 4.69) is 194 Å². The van der Waals surface area contributed by atoms with E-state index in [1.165, 1.54) is 103 Å². The van der Waals surface area contributed by atoms with Crippen LogP contribution >= 0.6 is 11.3 Å². The van der Waals surface area contributed by atoms with Gasteiger partial charge in [-0.3, -0.25) is 0 Å². The summed E-state index contributed by atoms with van der Waals surface area (Å²) in [5, 5.41) is 5.24. The summed E-state index contributed by atoms with van der Waals surface area (Å²) in [5.41, 5.74) is 16.4. The summed E-state index contributed by atoms with van der Waals surface area (Å²) in [4.78, 5) is 0. The molecule has 2 heterocycles. The summed E-state index contributed by atoms with van der Waals surface area (Å²) in [7, 11) is 0. The molecular weight excluding hydrogens is 659 g/mol. The standard InChI is InChI=1S/C51H35NS/c1-51(2)44-28-27-42-41-15-9-10-16-48(41)53-50(42)49(44)43-26-23-38(31-45(43)51)52-46-29-36(33-13-7-4-8-14-33)21-24-39(46)40-25-22-37(30-47(40)52)35-19-17-34(18-20-35)32-11-5-3-6-12-32/h3-31H,1-2H3. The van der Waals surface area contributed by atoms with Crippen LogP contribution in [-0.2, 0) is 5.41 Å². The van der Waals surface area contributed by atoms with Gasteiger partial charge < -0.3 is 4.57 Å². The van der Waals surface area contributed by atoms with Crippen LogP contribution in [0.2, 0.25) is 0 Å². The third kappa shape index (κ3) is 4.56. The van der Waals surface area contributed by atoms with Crippen molar-refractivity contribution in [2.24, 2.45) is 0 Å². The predicted molar refractivity (Wildman–Crippen MR) is 228 cm³/mol. The smallest absolute Gasteiger partial charge is 0.0547 e. The van der Waals surface area contributed by atoms with Gasteiger partial charge in [0.25, 0.3) is 0 Å². The Labute approximate surface area is 313 Å². The summed E-state index contributed by atoms with van der Waals surface area (Å²) >= 11 is 1.93. The van der Waals surface area contributed by atoms with Crippen molar-refractivity contribution in [2.45, 2.75) is 19.3 Å². The largest absolute Gasteiger partial charge is 0.309 e. The minimum atomic E-state index is -0.134. The Kier molecular flexibility index (Phi) is 6.53. The molecule has 0 aliphatic heterocycles. The number of thiophene rings is 1. The van der Waals surface area contributed by atoms with E-state index in [4.69, 9.17) is 0 Å². The molecule has 0 amide bonds. The van der Waals surface area contributed by atoms with Crippen molar-refractivity contribution in [1.82, 2.24) is 4.57 Å². The van der Waals surface area contributed by atoms with Crippen molar-refractivity contribution >= 4 is 53.3 Å². The molecule has 2 aromatic heterocycles. The van der Waals surface area contributed by atoms with Gasteiger partial charge in [0.05, 0.1) is 11.0 Å². The number of aromatic nitrogens is 1. The molecule has 0 fully saturated rings. The van der Waals surface area contributed by atoms with Crippen molar-refractivity contribution in [3.05, 3.63) is 187 Å². The predicted octanol–water partition coefficient (Wildman–Crippen LogP) is 14.5. The molecule has 0 bridgehead atoms. The molecule has 1 aliphatic rings. The fourth-order valence-corrected chi connectivity index (χ4v) is 10.2. The maximum absolute atomic E-state index is 2.51. The van der Waals surface area contributed by atoms with E-state index in [1.54, 1.807) is 0 Å². The first-order valence-electron chi connectivity index (χ1n) is 18.4. The molecule has 2 heteroatoms. The third-order valence-electron chi connectivity index (χ3n) is 11.6. The van der Waals surface area contributed by atoms with E-state index in [-0.39, 0.29) is 5.41 Å². The summed E-state index contributed by atoms with van der Waals surface area (Å²) in [6.45, 7) is 4.80. The van der Waals surface area contributed by atoms with Gasteiger partial charge in [-0.15, -0.1) is 11.3 Å². The first-order valence-corrected chi connectivity index (χ1v) is 19.2. The molecule has 8 aromatic carbocycles. The second-order valence-electron chi connectivity index (χ2n) is 14.9. The Bertz CT molecular complexity index is 3050. The molecule has 11 rings (SSSR count). The van der Waals surface area contributed by atoms with E-state index in [1.807, 2.05) is 11.3 Å². The fraction of sp³-hybridized carbons (Fsp3) is 0.0588. The molecule has 0 radical (unpaired) electrons. The summed E-state index contributed by atoms with van der Waals surface area (Å²) in [6, 6.07) is 65.1. The lowest BCUT2D eigenvalue weighted by Crippen LogP contribution is -2.15. The van der Waals surface area contributed by atoms with Crippen LogP contribution < -0.4 is 0 Å². The lowest BCUT2D eigenvalue weighted by molar-refractivity contribution is 0.660. The number of hydrogen-bond donors (Lipinski definition) is 0. The lowest BCUT2D eigenvalue weighted by atomic mass is 9.82. The molecule has 0 unspecified atom stereocenters. The Morgan fingerprint density at radius 1 is 0.415 bits per heavy atom. The van der Waals surface area contributed by atoms with Crippen molar-refractivity contribution in [3.63, 3.8) is 0 Å². The Morgan fingerprint density at radius 2 is 0.943 bits per heavy atom. The maximum atomic E-state index is 2.51. The van der Waals surface area contributed by atoms with Crippen molar-refractivity contribution in [2.75, 3.05) is 0 Å². The highest BCUT2D eigenvalue weighted by Crippen LogP contribution is 2.54. The highest BCUT2D eigenvalue weighted by molar-refractivity contribution is 7.26. The summed E-state index contributed by atoms with van der Waals surface area (Å²) in [6.07, 6.45) is 0. The van der Waals surface area contributed by atoms with Crippen LogP contribution in [0.4, 0.5) is 0 Å². The van der Waals surface area contributed by atoms with Gasteiger partial charge in [-0.1, -0.05) is 159 Å². The molecule has 1 nitrogen and oxygen atoms in total. The zero-order valence-corrected chi connectivity index (χ0v) is 30.4. The number of hydrogen-bond acceptors (Lipinski definition) is 1. The third-order valence-corrected chi connectivity index (χ3v) is 12.8. The van der Waals surface area contributed by atoms with Crippen LogP contribution in [0.15, 0.2) is 176 Å². The number of rotatable bonds is 4. The molecule has 0 N–H and O–H groups in total. The van der Waals surface area contributed by atoms with Crippen LogP contribution in [0.1, 0.15) is 25.0 Å². The van der Waals surface area contributed by atoms with Crippen LogP contribution in [0.3, 0.4) is 0 Å². The first-order chi connectivity index (χ1) is 26.0. The normalized spacial score (nSPS) is 13.2. The molecule has 0 saturated heterocycles. The molecule has 1 aliphatic carbocycles. The minimum Gasteiger partial charge on any atom is -0.309 e. The Morgan fingerprint density at radius 3 is 1.60 bits per heavy atom. The van der Waals surface area contributed by atoms with Gasteiger partial charge in [0.2, 0.25) is 0 Å². The van der Waals surface area contributed by atoms with E-state index in [0.717, 1.165) is 0 Å². The van der Waals surface area contributed by atoms with Crippen LogP contribution in [0.5, 0.6) is 0 Å². The van der Waals surface area contributed by atoms with Gasteiger partial charge in [0, 0.05) is 47.6 Å². The molecule has 0 saturated carbocycles. The van der Waals surface area contributed by atoms with Gasteiger partial charge >= 0.3 is 0 Å².